The van der Waals surface area contributed by atoms with E-state index in [4.69, 9.17) is 9.47 Å². The van der Waals surface area contributed by atoms with E-state index in [1.807, 2.05) is 18.2 Å². The molecule has 1 N–H and O–H groups in total. The van der Waals surface area contributed by atoms with Crippen LogP contribution < -0.4 is 14.8 Å². The van der Waals surface area contributed by atoms with Crippen molar-refractivity contribution in [1.29, 1.82) is 0 Å². The summed E-state index contributed by atoms with van der Waals surface area (Å²) in [6, 6.07) is 5.74. The van der Waals surface area contributed by atoms with Crippen molar-refractivity contribution < 1.29 is 14.3 Å². The van der Waals surface area contributed by atoms with E-state index in [9.17, 15) is 4.79 Å². The lowest BCUT2D eigenvalue weighted by molar-refractivity contribution is -0.122. The number of hydrogen-bond acceptors (Lipinski definition) is 3. The third kappa shape index (κ3) is 2.07. The average molecular weight is 233 g/mol. The Morgan fingerprint density at radius 2 is 2.18 bits per heavy atom. The van der Waals surface area contributed by atoms with Crippen molar-refractivity contribution in [3.05, 3.63) is 23.8 Å². The largest absolute Gasteiger partial charge is 0.454 e. The van der Waals surface area contributed by atoms with Crippen LogP contribution in [0.3, 0.4) is 0 Å². The molecule has 2 aliphatic rings. The molecule has 1 aromatic rings. The second-order valence-electron chi connectivity index (χ2n) is 4.72. The second kappa shape index (κ2) is 3.95. The van der Waals surface area contributed by atoms with E-state index in [1.165, 1.54) is 0 Å². The molecule has 0 aromatic heterocycles. The molecule has 1 aromatic carbocycles. The van der Waals surface area contributed by atoms with E-state index in [0.29, 0.717) is 12.5 Å². The molecule has 4 nitrogen and oxygen atoms in total. The van der Waals surface area contributed by atoms with Gasteiger partial charge in [-0.1, -0.05) is 13.0 Å². The first-order valence-electron chi connectivity index (χ1n) is 5.90. The van der Waals surface area contributed by atoms with Gasteiger partial charge in [0.25, 0.3) is 0 Å². The minimum absolute atomic E-state index is 0.162. The molecule has 4 heteroatoms. The first-order valence-corrected chi connectivity index (χ1v) is 5.90. The van der Waals surface area contributed by atoms with Crippen molar-refractivity contribution in [3.8, 4) is 11.5 Å². The van der Waals surface area contributed by atoms with Crippen LogP contribution in [0.5, 0.6) is 11.5 Å². The zero-order valence-corrected chi connectivity index (χ0v) is 9.73. The van der Waals surface area contributed by atoms with Crippen molar-refractivity contribution in [2.45, 2.75) is 19.9 Å². The van der Waals surface area contributed by atoms with E-state index >= 15 is 0 Å². The lowest BCUT2D eigenvalue weighted by atomic mass is 10.2. The molecule has 0 saturated heterocycles. The number of benzene rings is 1. The Balaban J connectivity index is 1.60. The fourth-order valence-electron chi connectivity index (χ4n) is 2.06. The van der Waals surface area contributed by atoms with Crippen molar-refractivity contribution in [2.75, 3.05) is 6.79 Å². The van der Waals surface area contributed by atoms with Gasteiger partial charge in [0.1, 0.15) is 0 Å². The van der Waals surface area contributed by atoms with Gasteiger partial charge >= 0.3 is 0 Å². The summed E-state index contributed by atoms with van der Waals surface area (Å²) >= 11 is 0. The highest BCUT2D eigenvalue weighted by Gasteiger charge is 2.38. The molecule has 90 valence electrons. The molecule has 1 aliphatic heterocycles. The zero-order valence-electron chi connectivity index (χ0n) is 9.73. The summed E-state index contributed by atoms with van der Waals surface area (Å²) < 4.78 is 10.5. The predicted molar refractivity (Wildman–Crippen MR) is 61.7 cm³/mol. The van der Waals surface area contributed by atoms with E-state index < -0.39 is 0 Å². The first kappa shape index (κ1) is 10.4. The first-order chi connectivity index (χ1) is 8.24. The van der Waals surface area contributed by atoms with Crippen LogP contribution in [0.2, 0.25) is 0 Å². The number of ether oxygens (including phenoxy) is 2. The average Bonchev–Trinajstić information content (AvgIpc) is 2.90. The van der Waals surface area contributed by atoms with E-state index in [2.05, 4.69) is 12.2 Å². The number of amides is 1. The maximum atomic E-state index is 11.7. The fourth-order valence-corrected chi connectivity index (χ4v) is 2.06. The van der Waals surface area contributed by atoms with E-state index in [0.717, 1.165) is 23.5 Å². The molecule has 1 aliphatic carbocycles. The molecule has 1 amide bonds. The van der Waals surface area contributed by atoms with Gasteiger partial charge in [-0.2, -0.15) is 0 Å². The van der Waals surface area contributed by atoms with Gasteiger partial charge in [-0.25, -0.2) is 0 Å². The Hall–Kier alpha value is -1.71. The third-order valence-electron chi connectivity index (χ3n) is 3.35. The maximum absolute atomic E-state index is 11.7. The van der Waals surface area contributed by atoms with Crippen molar-refractivity contribution in [3.63, 3.8) is 0 Å². The van der Waals surface area contributed by atoms with Crippen molar-refractivity contribution in [1.82, 2.24) is 5.32 Å². The van der Waals surface area contributed by atoms with Crippen LogP contribution in [0.15, 0.2) is 18.2 Å². The molecule has 0 bridgehead atoms. The molecule has 17 heavy (non-hydrogen) atoms. The molecule has 3 rings (SSSR count). The number of rotatable bonds is 3. The molecule has 0 spiro atoms. The smallest absolute Gasteiger partial charge is 0.231 e. The van der Waals surface area contributed by atoms with Gasteiger partial charge in [0, 0.05) is 12.5 Å². The van der Waals surface area contributed by atoms with E-state index in [-0.39, 0.29) is 18.6 Å². The number of carbonyl (C=O) groups is 1. The monoisotopic (exact) mass is 233 g/mol. The molecular formula is C13H15NO3. The zero-order chi connectivity index (χ0) is 11.8. The molecular weight excluding hydrogens is 218 g/mol. The highest BCUT2D eigenvalue weighted by molar-refractivity contribution is 5.81. The minimum Gasteiger partial charge on any atom is -0.454 e. The lowest BCUT2D eigenvalue weighted by Gasteiger charge is -2.05. The molecule has 0 unspecified atom stereocenters. The highest BCUT2D eigenvalue weighted by atomic mass is 16.7. The van der Waals surface area contributed by atoms with Crippen LogP contribution in [0.25, 0.3) is 0 Å². The Bertz CT molecular complexity index is 458. The van der Waals surface area contributed by atoms with Crippen LogP contribution in [0.1, 0.15) is 18.9 Å². The summed E-state index contributed by atoms with van der Waals surface area (Å²) in [6.07, 6.45) is 1.02. The molecule has 1 heterocycles. The van der Waals surface area contributed by atoms with Gasteiger partial charge in [-0.15, -0.1) is 0 Å². The summed E-state index contributed by atoms with van der Waals surface area (Å²) in [4.78, 5) is 11.7. The van der Waals surface area contributed by atoms with Gasteiger partial charge in [0.05, 0.1) is 0 Å². The summed E-state index contributed by atoms with van der Waals surface area (Å²) in [5.74, 6) is 2.47. The Morgan fingerprint density at radius 3 is 2.94 bits per heavy atom. The predicted octanol–water partition coefficient (Wildman–Crippen LogP) is 1.69. The fraction of sp³-hybridized carbons (Fsp3) is 0.462. The minimum atomic E-state index is 0.162. The SMILES string of the molecule is C[C@@H]1C[C@@H]1C(=O)NCc1ccc2c(c1)OCO2. The number of fused-ring (bicyclic) bond motifs is 1. The Labute approximate surface area is 99.9 Å². The van der Waals surface area contributed by atoms with Crippen LogP contribution in [0.4, 0.5) is 0 Å². The third-order valence-corrected chi connectivity index (χ3v) is 3.35. The molecule has 2 atom stereocenters. The molecule has 1 saturated carbocycles. The summed E-state index contributed by atoms with van der Waals surface area (Å²) in [5.41, 5.74) is 1.04. The van der Waals surface area contributed by atoms with Gasteiger partial charge in [-0.05, 0) is 30.0 Å². The molecule has 1 fully saturated rings. The summed E-state index contributed by atoms with van der Waals surface area (Å²) in [6.45, 7) is 2.94. The number of carbonyl (C=O) groups excluding carboxylic acids is 1. The molecule has 0 radical (unpaired) electrons. The van der Waals surface area contributed by atoms with Crippen molar-refractivity contribution in [2.24, 2.45) is 11.8 Å². The Kier molecular flexibility index (Phi) is 2.42. The maximum Gasteiger partial charge on any atom is 0.231 e. The van der Waals surface area contributed by atoms with Crippen LogP contribution in [0, 0.1) is 11.8 Å². The summed E-state index contributed by atoms with van der Waals surface area (Å²) in [5, 5.41) is 2.95. The van der Waals surface area contributed by atoms with Gasteiger partial charge in [-0.3, -0.25) is 4.79 Å². The summed E-state index contributed by atoms with van der Waals surface area (Å²) in [7, 11) is 0. The highest BCUT2D eigenvalue weighted by Crippen LogP contribution is 2.37. The number of nitrogens with one attached hydrogen (secondary N) is 1. The normalized spacial score (nSPS) is 24.5. The van der Waals surface area contributed by atoms with Crippen LogP contribution in [-0.4, -0.2) is 12.7 Å². The quantitative estimate of drug-likeness (QED) is 0.864. The van der Waals surface area contributed by atoms with Crippen LogP contribution >= 0.6 is 0 Å². The topological polar surface area (TPSA) is 47.6 Å². The standard InChI is InChI=1S/C13H15NO3/c1-8-4-10(8)13(15)14-6-9-2-3-11-12(5-9)17-7-16-11/h2-3,5,8,10H,4,6-7H2,1H3,(H,14,15)/t8-,10+/m1/s1. The number of hydrogen-bond donors (Lipinski definition) is 1. The van der Waals surface area contributed by atoms with Crippen molar-refractivity contribution >= 4 is 5.91 Å². The second-order valence-corrected chi connectivity index (χ2v) is 4.72. The van der Waals surface area contributed by atoms with E-state index in [1.54, 1.807) is 0 Å². The van der Waals surface area contributed by atoms with Gasteiger partial charge < -0.3 is 14.8 Å². The Morgan fingerprint density at radius 1 is 1.41 bits per heavy atom. The van der Waals surface area contributed by atoms with Gasteiger partial charge in [0.2, 0.25) is 12.7 Å². The van der Waals surface area contributed by atoms with Gasteiger partial charge in [0.15, 0.2) is 11.5 Å². The lowest BCUT2D eigenvalue weighted by Crippen LogP contribution is -2.24. The van der Waals surface area contributed by atoms with Crippen LogP contribution in [-0.2, 0) is 11.3 Å².